The predicted molar refractivity (Wildman–Crippen MR) is 81.1 cm³/mol. The first-order chi connectivity index (χ1) is 8.81. The van der Waals surface area contributed by atoms with Crippen molar-refractivity contribution in [1.82, 2.24) is 5.32 Å². The van der Waals surface area contributed by atoms with Crippen LogP contribution in [0.1, 0.15) is 57.8 Å². The second-order valence-corrected chi connectivity index (χ2v) is 8.29. The van der Waals surface area contributed by atoms with E-state index < -0.39 is 0 Å². The summed E-state index contributed by atoms with van der Waals surface area (Å²) in [5.74, 6) is 3.20. The molecule has 0 amide bonds. The third-order valence-corrected chi connectivity index (χ3v) is 7.35. The molecule has 1 N–H and O–H groups in total. The second-order valence-electron chi connectivity index (χ2n) is 7.01. The molecule has 0 aromatic rings. The molecule has 104 valence electrons. The first kappa shape index (κ1) is 13.3. The number of nitrogens with one attached hydrogen (secondary N) is 1. The number of fused-ring (bicyclic) bond motifs is 2. The van der Waals surface area contributed by atoms with Crippen LogP contribution in [0, 0.1) is 17.8 Å². The van der Waals surface area contributed by atoms with Crippen LogP contribution in [0.3, 0.4) is 0 Å². The number of hydrogen-bond acceptors (Lipinski definition) is 2. The molecule has 3 saturated carbocycles. The summed E-state index contributed by atoms with van der Waals surface area (Å²) < 4.78 is 0.579. The Morgan fingerprint density at radius 1 is 1.11 bits per heavy atom. The summed E-state index contributed by atoms with van der Waals surface area (Å²) in [5.41, 5.74) is 0. The van der Waals surface area contributed by atoms with Gasteiger partial charge in [0, 0.05) is 11.3 Å². The molecule has 0 heterocycles. The van der Waals surface area contributed by atoms with Crippen molar-refractivity contribution in [3.8, 4) is 0 Å². The topological polar surface area (TPSA) is 12.0 Å². The Morgan fingerprint density at radius 3 is 2.56 bits per heavy atom. The molecular formula is C16H29NS. The molecule has 18 heavy (non-hydrogen) atoms. The Kier molecular flexibility index (Phi) is 4.25. The lowest BCUT2D eigenvalue weighted by molar-refractivity contribution is 0.303. The lowest BCUT2D eigenvalue weighted by Gasteiger charge is -2.36. The second kappa shape index (κ2) is 5.75. The fraction of sp³-hybridized carbons (Fsp3) is 1.00. The van der Waals surface area contributed by atoms with E-state index in [-0.39, 0.29) is 0 Å². The Balaban J connectivity index is 1.43. The van der Waals surface area contributed by atoms with Gasteiger partial charge in [0.25, 0.3) is 0 Å². The normalized spacial score (nSPS) is 38.2. The first-order valence-corrected chi connectivity index (χ1v) is 9.30. The predicted octanol–water partition coefficient (Wildman–Crippen LogP) is 4.08. The standard InChI is InChI=1S/C16H29NS/c1-18-16(7-3-2-4-8-16)12-17-11-15-10-13-5-6-14(15)9-13/h13-15,17H,2-12H2,1H3. The van der Waals surface area contributed by atoms with Crippen molar-refractivity contribution in [3.63, 3.8) is 0 Å². The summed E-state index contributed by atoms with van der Waals surface area (Å²) >= 11 is 2.13. The number of rotatable bonds is 5. The van der Waals surface area contributed by atoms with Crippen molar-refractivity contribution < 1.29 is 0 Å². The first-order valence-electron chi connectivity index (χ1n) is 8.07. The molecule has 2 bridgehead atoms. The third-order valence-electron chi connectivity index (χ3n) is 5.94. The minimum Gasteiger partial charge on any atom is -0.315 e. The van der Waals surface area contributed by atoms with E-state index in [4.69, 9.17) is 0 Å². The van der Waals surface area contributed by atoms with Crippen molar-refractivity contribution in [1.29, 1.82) is 0 Å². The van der Waals surface area contributed by atoms with Crippen molar-refractivity contribution in [2.75, 3.05) is 19.3 Å². The van der Waals surface area contributed by atoms with Crippen LogP contribution in [0.15, 0.2) is 0 Å². The molecule has 0 spiro atoms. The van der Waals surface area contributed by atoms with Gasteiger partial charge in [0.2, 0.25) is 0 Å². The van der Waals surface area contributed by atoms with E-state index in [1.54, 1.807) is 6.42 Å². The fourth-order valence-electron chi connectivity index (χ4n) is 4.76. The van der Waals surface area contributed by atoms with Gasteiger partial charge < -0.3 is 5.32 Å². The molecule has 1 nitrogen and oxygen atoms in total. The summed E-state index contributed by atoms with van der Waals surface area (Å²) in [6, 6.07) is 0. The van der Waals surface area contributed by atoms with Crippen LogP contribution in [0.4, 0.5) is 0 Å². The molecule has 0 aromatic heterocycles. The Bertz CT molecular complexity index is 272. The smallest absolute Gasteiger partial charge is 0.0281 e. The maximum Gasteiger partial charge on any atom is 0.0281 e. The number of thioether (sulfide) groups is 1. The van der Waals surface area contributed by atoms with E-state index in [2.05, 4.69) is 23.3 Å². The van der Waals surface area contributed by atoms with E-state index >= 15 is 0 Å². The van der Waals surface area contributed by atoms with Crippen LogP contribution in [0.2, 0.25) is 0 Å². The monoisotopic (exact) mass is 267 g/mol. The van der Waals surface area contributed by atoms with Crippen LogP contribution < -0.4 is 5.32 Å². The van der Waals surface area contributed by atoms with Crippen LogP contribution in [-0.2, 0) is 0 Å². The van der Waals surface area contributed by atoms with Gasteiger partial charge in [0.05, 0.1) is 0 Å². The van der Waals surface area contributed by atoms with Gasteiger partial charge in [-0.25, -0.2) is 0 Å². The molecule has 3 aliphatic rings. The maximum absolute atomic E-state index is 3.85. The molecule has 3 unspecified atom stereocenters. The average molecular weight is 267 g/mol. The lowest BCUT2D eigenvalue weighted by Crippen LogP contribution is -2.41. The molecule has 0 radical (unpaired) electrons. The van der Waals surface area contributed by atoms with Crippen molar-refractivity contribution >= 4 is 11.8 Å². The van der Waals surface area contributed by atoms with Gasteiger partial charge in [0.15, 0.2) is 0 Å². The van der Waals surface area contributed by atoms with Crippen molar-refractivity contribution in [2.24, 2.45) is 17.8 Å². The zero-order chi connectivity index (χ0) is 12.4. The van der Waals surface area contributed by atoms with E-state index in [9.17, 15) is 0 Å². The molecule has 0 aromatic carbocycles. The van der Waals surface area contributed by atoms with Crippen LogP contribution in [-0.4, -0.2) is 24.1 Å². The van der Waals surface area contributed by atoms with Gasteiger partial charge in [-0.05, 0) is 62.7 Å². The Hall–Kier alpha value is 0.310. The third kappa shape index (κ3) is 2.75. The summed E-state index contributed by atoms with van der Waals surface area (Å²) in [6.45, 7) is 2.57. The molecule has 0 aliphatic heterocycles. The highest BCUT2D eigenvalue weighted by atomic mass is 32.2. The SMILES string of the molecule is CSC1(CNCC2CC3CCC2C3)CCCCC1. The Labute approximate surface area is 117 Å². The largest absolute Gasteiger partial charge is 0.315 e. The highest BCUT2D eigenvalue weighted by Gasteiger charge is 2.39. The van der Waals surface area contributed by atoms with Crippen molar-refractivity contribution in [2.45, 2.75) is 62.5 Å². The summed E-state index contributed by atoms with van der Waals surface area (Å²) in [6.07, 6.45) is 15.7. The van der Waals surface area contributed by atoms with Crippen LogP contribution >= 0.6 is 11.8 Å². The zero-order valence-corrected chi connectivity index (χ0v) is 12.7. The van der Waals surface area contributed by atoms with Gasteiger partial charge in [-0.2, -0.15) is 11.8 Å². The highest BCUT2D eigenvalue weighted by molar-refractivity contribution is 8.00. The average Bonchev–Trinajstić information content (AvgIpc) is 3.02. The lowest BCUT2D eigenvalue weighted by atomic mass is 9.87. The quantitative estimate of drug-likeness (QED) is 0.805. The van der Waals surface area contributed by atoms with E-state index in [0.717, 1.165) is 17.8 Å². The molecule has 2 heteroatoms. The van der Waals surface area contributed by atoms with E-state index in [0.29, 0.717) is 4.75 Å². The molecule has 3 rings (SSSR count). The molecule has 3 atom stereocenters. The summed E-state index contributed by atoms with van der Waals surface area (Å²) in [5, 5.41) is 3.85. The van der Waals surface area contributed by atoms with Gasteiger partial charge in [0.1, 0.15) is 0 Å². The minimum atomic E-state index is 0.579. The molecular weight excluding hydrogens is 238 g/mol. The summed E-state index contributed by atoms with van der Waals surface area (Å²) in [4.78, 5) is 0. The van der Waals surface area contributed by atoms with Gasteiger partial charge in [-0.3, -0.25) is 0 Å². The van der Waals surface area contributed by atoms with Gasteiger partial charge >= 0.3 is 0 Å². The van der Waals surface area contributed by atoms with Gasteiger partial charge in [-0.15, -0.1) is 0 Å². The fourth-order valence-corrected chi connectivity index (χ4v) is 5.70. The van der Waals surface area contributed by atoms with E-state index in [1.165, 1.54) is 64.5 Å². The van der Waals surface area contributed by atoms with Crippen LogP contribution in [0.5, 0.6) is 0 Å². The maximum atomic E-state index is 3.85. The zero-order valence-electron chi connectivity index (χ0n) is 11.9. The van der Waals surface area contributed by atoms with E-state index in [1.807, 2.05) is 0 Å². The number of hydrogen-bond donors (Lipinski definition) is 1. The Morgan fingerprint density at radius 2 is 1.94 bits per heavy atom. The molecule has 0 saturated heterocycles. The van der Waals surface area contributed by atoms with Gasteiger partial charge in [-0.1, -0.05) is 25.7 Å². The molecule has 3 fully saturated rings. The van der Waals surface area contributed by atoms with Crippen molar-refractivity contribution in [3.05, 3.63) is 0 Å². The molecule has 3 aliphatic carbocycles. The van der Waals surface area contributed by atoms with Crippen LogP contribution in [0.25, 0.3) is 0 Å². The highest BCUT2D eigenvalue weighted by Crippen LogP contribution is 2.48. The summed E-state index contributed by atoms with van der Waals surface area (Å²) in [7, 11) is 0. The minimum absolute atomic E-state index is 0.579.